The molecule has 1 aromatic heterocycles. The van der Waals surface area contributed by atoms with Crippen LogP contribution >= 0.6 is 0 Å². The highest BCUT2D eigenvalue weighted by atomic mass is 16.2. The first-order valence-corrected chi connectivity index (χ1v) is 7.72. The van der Waals surface area contributed by atoms with Gasteiger partial charge in [0, 0.05) is 31.4 Å². The first-order chi connectivity index (χ1) is 10.0. The van der Waals surface area contributed by atoms with Gasteiger partial charge in [0.2, 0.25) is 0 Å². The van der Waals surface area contributed by atoms with Crippen LogP contribution in [0.15, 0.2) is 6.20 Å². The molecule has 118 valence electrons. The molecule has 1 aliphatic rings. The summed E-state index contributed by atoms with van der Waals surface area (Å²) in [7, 11) is 4.11. The molecule has 21 heavy (non-hydrogen) atoms. The number of nitrogens with two attached hydrogens (primary N) is 1. The molecule has 2 N–H and O–H groups in total. The van der Waals surface area contributed by atoms with Crippen LogP contribution < -0.4 is 5.73 Å². The predicted octanol–water partition coefficient (Wildman–Crippen LogP) is 0.707. The summed E-state index contributed by atoms with van der Waals surface area (Å²) in [5.74, 6) is 0.121. The van der Waals surface area contributed by atoms with Gasteiger partial charge in [-0.3, -0.25) is 9.48 Å². The van der Waals surface area contributed by atoms with Crippen molar-refractivity contribution in [2.75, 3.05) is 33.7 Å². The van der Waals surface area contributed by atoms with Crippen molar-refractivity contribution in [3.63, 3.8) is 0 Å². The summed E-state index contributed by atoms with van der Waals surface area (Å²) >= 11 is 0. The van der Waals surface area contributed by atoms with Crippen molar-refractivity contribution < 1.29 is 4.79 Å². The molecule has 0 aliphatic carbocycles. The molecule has 1 fully saturated rings. The average molecular weight is 293 g/mol. The third-order valence-electron chi connectivity index (χ3n) is 4.12. The second kappa shape index (κ2) is 7.04. The molecule has 0 saturated carbocycles. The molecule has 1 aromatic rings. The van der Waals surface area contributed by atoms with Crippen molar-refractivity contribution in [3.8, 4) is 0 Å². The van der Waals surface area contributed by atoms with Crippen molar-refractivity contribution in [2.45, 2.75) is 38.8 Å². The average Bonchev–Trinajstić information content (AvgIpc) is 3.02. The van der Waals surface area contributed by atoms with E-state index in [1.165, 1.54) is 0 Å². The number of aryl methyl sites for hydroxylation is 1. The SMILES string of the molecule is Cc1c(C(=O)N2CCCC2CN(C)C)cnn1CCCN. The summed E-state index contributed by atoms with van der Waals surface area (Å²) in [6.45, 7) is 5.15. The minimum Gasteiger partial charge on any atom is -0.334 e. The quantitative estimate of drug-likeness (QED) is 0.838. The summed E-state index contributed by atoms with van der Waals surface area (Å²) in [5.41, 5.74) is 7.22. The number of carbonyl (C=O) groups excluding carboxylic acids is 1. The maximum absolute atomic E-state index is 12.8. The molecule has 0 spiro atoms. The minimum absolute atomic E-state index is 0.121. The maximum Gasteiger partial charge on any atom is 0.257 e. The third kappa shape index (κ3) is 3.63. The van der Waals surface area contributed by atoms with Crippen molar-refractivity contribution >= 4 is 5.91 Å². The van der Waals surface area contributed by atoms with Gasteiger partial charge in [0.1, 0.15) is 0 Å². The van der Waals surface area contributed by atoms with E-state index in [0.29, 0.717) is 12.6 Å². The molecule has 1 atom stereocenters. The fraction of sp³-hybridized carbons (Fsp3) is 0.733. The van der Waals surface area contributed by atoms with Crippen LogP contribution in [-0.2, 0) is 6.54 Å². The van der Waals surface area contributed by atoms with E-state index in [-0.39, 0.29) is 5.91 Å². The molecule has 1 saturated heterocycles. The monoisotopic (exact) mass is 293 g/mol. The minimum atomic E-state index is 0.121. The van der Waals surface area contributed by atoms with Gasteiger partial charge in [0.05, 0.1) is 11.8 Å². The summed E-state index contributed by atoms with van der Waals surface area (Å²) in [6.07, 6.45) is 4.76. The number of aromatic nitrogens is 2. The third-order valence-corrected chi connectivity index (χ3v) is 4.12. The molecular formula is C15H27N5O. The number of likely N-dealkylation sites (N-methyl/N-ethyl adjacent to an activating group) is 1. The van der Waals surface area contributed by atoms with Crippen molar-refractivity contribution in [2.24, 2.45) is 5.73 Å². The van der Waals surface area contributed by atoms with Gasteiger partial charge in [0.25, 0.3) is 5.91 Å². The summed E-state index contributed by atoms with van der Waals surface area (Å²) in [5, 5.41) is 4.33. The lowest BCUT2D eigenvalue weighted by Gasteiger charge is -2.27. The summed E-state index contributed by atoms with van der Waals surface area (Å²) < 4.78 is 1.89. The van der Waals surface area contributed by atoms with E-state index in [0.717, 1.165) is 50.2 Å². The Bertz CT molecular complexity index is 482. The number of amides is 1. The zero-order chi connectivity index (χ0) is 15.4. The molecule has 6 heteroatoms. The lowest BCUT2D eigenvalue weighted by atomic mass is 10.2. The molecule has 2 rings (SSSR count). The number of hydrogen-bond acceptors (Lipinski definition) is 4. The first-order valence-electron chi connectivity index (χ1n) is 7.72. The van der Waals surface area contributed by atoms with Gasteiger partial charge in [-0.15, -0.1) is 0 Å². The normalized spacial score (nSPS) is 18.7. The van der Waals surface area contributed by atoms with Crippen LogP contribution in [0.25, 0.3) is 0 Å². The molecule has 0 bridgehead atoms. The highest BCUT2D eigenvalue weighted by molar-refractivity contribution is 5.95. The van der Waals surface area contributed by atoms with Gasteiger partial charge < -0.3 is 15.5 Å². The van der Waals surface area contributed by atoms with E-state index in [4.69, 9.17) is 5.73 Å². The van der Waals surface area contributed by atoms with Gasteiger partial charge in [-0.1, -0.05) is 0 Å². The Morgan fingerprint density at radius 2 is 2.29 bits per heavy atom. The smallest absolute Gasteiger partial charge is 0.257 e. The van der Waals surface area contributed by atoms with Crippen LogP contribution in [0.3, 0.4) is 0 Å². The summed E-state index contributed by atoms with van der Waals surface area (Å²) in [6, 6.07) is 0.319. The largest absolute Gasteiger partial charge is 0.334 e. The van der Waals surface area contributed by atoms with E-state index in [1.54, 1.807) is 6.20 Å². The molecule has 0 radical (unpaired) electrons. The fourth-order valence-electron chi connectivity index (χ4n) is 2.99. The first kappa shape index (κ1) is 16.0. The van der Waals surface area contributed by atoms with Crippen LogP contribution in [0.4, 0.5) is 0 Å². The molecule has 6 nitrogen and oxygen atoms in total. The Kier molecular flexibility index (Phi) is 5.36. The van der Waals surface area contributed by atoms with E-state index < -0.39 is 0 Å². The van der Waals surface area contributed by atoms with Crippen molar-refractivity contribution in [1.29, 1.82) is 0 Å². The second-order valence-corrected chi connectivity index (χ2v) is 6.07. The van der Waals surface area contributed by atoms with Crippen LogP contribution in [0.5, 0.6) is 0 Å². The maximum atomic E-state index is 12.8. The van der Waals surface area contributed by atoms with Gasteiger partial charge in [0.15, 0.2) is 0 Å². The van der Waals surface area contributed by atoms with Gasteiger partial charge in [-0.25, -0.2) is 0 Å². The Hall–Kier alpha value is -1.40. The van der Waals surface area contributed by atoms with Crippen LogP contribution in [-0.4, -0.2) is 65.3 Å². The van der Waals surface area contributed by atoms with Gasteiger partial charge >= 0.3 is 0 Å². The number of nitrogens with zero attached hydrogens (tertiary/aromatic N) is 4. The highest BCUT2D eigenvalue weighted by Gasteiger charge is 2.31. The Morgan fingerprint density at radius 1 is 1.52 bits per heavy atom. The van der Waals surface area contributed by atoms with Gasteiger partial charge in [-0.2, -0.15) is 5.10 Å². The Labute approximate surface area is 126 Å². The number of rotatable bonds is 6. The lowest BCUT2D eigenvalue weighted by Crippen LogP contribution is -2.41. The van der Waals surface area contributed by atoms with Crippen molar-refractivity contribution in [3.05, 3.63) is 17.5 Å². The van der Waals surface area contributed by atoms with E-state index >= 15 is 0 Å². The standard InChI is InChI=1S/C15H27N5O/c1-12-14(10-17-20(12)9-5-7-16)15(21)19-8-4-6-13(19)11-18(2)3/h10,13H,4-9,11,16H2,1-3H3. The zero-order valence-corrected chi connectivity index (χ0v) is 13.4. The zero-order valence-electron chi connectivity index (χ0n) is 13.4. The predicted molar refractivity (Wildman–Crippen MR) is 83.2 cm³/mol. The second-order valence-electron chi connectivity index (χ2n) is 6.07. The molecule has 2 heterocycles. The summed E-state index contributed by atoms with van der Waals surface area (Å²) in [4.78, 5) is 16.9. The topological polar surface area (TPSA) is 67.4 Å². The molecule has 1 aliphatic heterocycles. The van der Waals surface area contributed by atoms with E-state index in [9.17, 15) is 4.79 Å². The molecule has 0 aromatic carbocycles. The van der Waals surface area contributed by atoms with Crippen molar-refractivity contribution in [1.82, 2.24) is 19.6 Å². The Balaban J connectivity index is 2.10. The number of likely N-dealkylation sites (tertiary alicyclic amines) is 1. The highest BCUT2D eigenvalue weighted by Crippen LogP contribution is 2.22. The van der Waals surface area contributed by atoms with Crippen LogP contribution in [0, 0.1) is 6.92 Å². The fourth-order valence-corrected chi connectivity index (χ4v) is 2.99. The molecule has 1 amide bonds. The van der Waals surface area contributed by atoms with E-state index in [2.05, 4.69) is 24.1 Å². The molecular weight excluding hydrogens is 266 g/mol. The number of hydrogen-bond donors (Lipinski definition) is 1. The lowest BCUT2D eigenvalue weighted by molar-refractivity contribution is 0.0715. The van der Waals surface area contributed by atoms with Crippen LogP contribution in [0.1, 0.15) is 35.3 Å². The number of carbonyl (C=O) groups is 1. The Morgan fingerprint density at radius 3 is 2.95 bits per heavy atom. The van der Waals surface area contributed by atoms with Gasteiger partial charge in [-0.05, 0) is 46.8 Å². The van der Waals surface area contributed by atoms with Crippen LogP contribution in [0.2, 0.25) is 0 Å². The molecule has 1 unspecified atom stereocenters. The van der Waals surface area contributed by atoms with E-state index in [1.807, 2.05) is 16.5 Å².